The second kappa shape index (κ2) is 12.5. The average Bonchev–Trinajstić information content (AvgIpc) is 3.02. The van der Waals surface area contributed by atoms with Crippen LogP contribution in [0.2, 0.25) is 0 Å². The molecule has 3 N–H and O–H groups in total. The van der Waals surface area contributed by atoms with E-state index in [-0.39, 0.29) is 50.4 Å². The van der Waals surface area contributed by atoms with Crippen molar-refractivity contribution in [2.24, 2.45) is 5.73 Å². The lowest BCUT2D eigenvalue weighted by molar-refractivity contribution is 0.347. The van der Waals surface area contributed by atoms with Crippen LogP contribution < -0.4 is 15.8 Å². The van der Waals surface area contributed by atoms with Gasteiger partial charge in [0, 0.05) is 36.1 Å². The van der Waals surface area contributed by atoms with Crippen LogP contribution in [0.5, 0.6) is 5.75 Å². The summed E-state index contributed by atoms with van der Waals surface area (Å²) in [6.07, 6.45) is 0.470. The second-order valence-electron chi connectivity index (χ2n) is 6.02. The number of aromatic nitrogens is 2. The third-order valence-electron chi connectivity index (χ3n) is 3.79. The summed E-state index contributed by atoms with van der Waals surface area (Å²) in [7, 11) is 0. The van der Waals surface area contributed by atoms with E-state index in [1.807, 2.05) is 26.0 Å². The van der Waals surface area contributed by atoms with Gasteiger partial charge in [-0.3, -0.25) is 4.98 Å². The minimum atomic E-state index is 0. The molecule has 3 aromatic rings. The number of benzene rings is 1. The van der Waals surface area contributed by atoms with Crippen LogP contribution in [0.15, 0.2) is 46.7 Å². The highest BCUT2D eigenvalue weighted by Crippen LogP contribution is 2.24. The number of fused-ring (bicyclic) bond motifs is 1. The number of oxazole rings is 1. The number of nitrogens with one attached hydrogen (secondary N) is 1. The first-order valence-corrected chi connectivity index (χ1v) is 8.27. The maximum absolute atomic E-state index is 12.5. The van der Waals surface area contributed by atoms with Crippen molar-refractivity contribution in [3.63, 3.8) is 0 Å². The van der Waals surface area contributed by atoms with E-state index >= 15 is 0 Å². The Hall–Kier alpha value is -2.06. The Kier molecular flexibility index (Phi) is 11.6. The highest BCUT2D eigenvalue weighted by molar-refractivity contribution is 5.86. The summed E-state index contributed by atoms with van der Waals surface area (Å²) in [5.74, 6) is 0.563. The first kappa shape index (κ1) is 26.9. The van der Waals surface area contributed by atoms with Gasteiger partial charge in [-0.2, -0.15) is 4.98 Å². The summed E-state index contributed by atoms with van der Waals surface area (Å²) in [5.41, 5.74) is 10.1. The summed E-state index contributed by atoms with van der Waals surface area (Å²) in [6.45, 7) is 4.72. The highest BCUT2D eigenvalue weighted by Gasteiger charge is 2.08. The summed E-state index contributed by atoms with van der Waals surface area (Å²) < 4.78 is 23.8. The smallest absolute Gasteiger partial charge is 0.295 e. The Morgan fingerprint density at radius 1 is 1.14 bits per heavy atom. The second-order valence-corrected chi connectivity index (χ2v) is 6.02. The fourth-order valence-electron chi connectivity index (χ4n) is 2.58. The molecule has 0 bridgehead atoms. The molecular formula is C19H24Cl3FN4O2. The molecule has 0 atom stereocenters. The molecule has 29 heavy (non-hydrogen) atoms. The first-order valence-electron chi connectivity index (χ1n) is 8.27. The first-order chi connectivity index (χ1) is 12.6. The van der Waals surface area contributed by atoms with Gasteiger partial charge in [0.25, 0.3) is 6.01 Å². The van der Waals surface area contributed by atoms with Gasteiger partial charge in [0.1, 0.15) is 17.9 Å². The van der Waals surface area contributed by atoms with E-state index in [0.717, 1.165) is 17.0 Å². The lowest BCUT2D eigenvalue weighted by Gasteiger charge is -2.06. The Morgan fingerprint density at radius 2 is 1.83 bits per heavy atom. The minimum absolute atomic E-state index is 0. The van der Waals surface area contributed by atoms with Gasteiger partial charge in [0.05, 0.1) is 6.33 Å². The molecule has 0 saturated heterocycles. The van der Waals surface area contributed by atoms with Crippen molar-refractivity contribution in [1.82, 2.24) is 9.97 Å². The zero-order valence-corrected chi connectivity index (χ0v) is 18.4. The monoisotopic (exact) mass is 464 g/mol. The zero-order chi connectivity index (χ0) is 18.5. The Bertz CT molecular complexity index is 930. The molecular weight excluding hydrogens is 442 g/mol. The fourth-order valence-corrected chi connectivity index (χ4v) is 2.58. The Morgan fingerprint density at radius 3 is 2.45 bits per heavy atom. The topological polar surface area (TPSA) is 86.2 Å². The zero-order valence-electron chi connectivity index (χ0n) is 16.0. The summed E-state index contributed by atoms with van der Waals surface area (Å²) >= 11 is 0. The lowest BCUT2D eigenvalue weighted by atomic mass is 10.2. The predicted octanol–water partition coefficient (Wildman–Crippen LogP) is 4.91. The normalized spacial score (nSPS) is 10.6. The number of aryl methyl sites for hydroxylation is 2. The number of anilines is 1. The van der Waals surface area contributed by atoms with Crippen molar-refractivity contribution in [3.8, 4) is 5.75 Å². The molecule has 0 spiro atoms. The summed E-state index contributed by atoms with van der Waals surface area (Å²) in [5, 5.41) is 3.17. The van der Waals surface area contributed by atoms with Crippen LogP contribution in [0.4, 0.5) is 10.4 Å². The third-order valence-corrected chi connectivity index (χ3v) is 3.79. The quantitative estimate of drug-likeness (QED) is 0.516. The maximum Gasteiger partial charge on any atom is 0.295 e. The van der Waals surface area contributed by atoms with Crippen LogP contribution >= 0.6 is 37.2 Å². The number of halogens is 4. The molecule has 0 saturated carbocycles. The van der Waals surface area contributed by atoms with Crippen molar-refractivity contribution in [2.75, 3.05) is 18.5 Å². The molecule has 2 heterocycles. The van der Waals surface area contributed by atoms with Gasteiger partial charge in [0.15, 0.2) is 5.58 Å². The van der Waals surface area contributed by atoms with E-state index in [9.17, 15) is 4.39 Å². The summed E-state index contributed by atoms with van der Waals surface area (Å²) in [6, 6.07) is 9.73. The van der Waals surface area contributed by atoms with Crippen molar-refractivity contribution >= 4 is 54.3 Å². The molecule has 0 amide bonds. The van der Waals surface area contributed by atoms with Crippen molar-refractivity contribution < 1.29 is 13.5 Å². The number of hydrogen-bond acceptors (Lipinski definition) is 6. The largest absolute Gasteiger partial charge is 0.489 e. The van der Waals surface area contributed by atoms with Gasteiger partial charge in [-0.25, -0.2) is 4.39 Å². The molecule has 0 radical (unpaired) electrons. The molecule has 1 aromatic carbocycles. The number of nitrogens with zero attached hydrogens (tertiary/aromatic N) is 2. The molecule has 0 fully saturated rings. The number of rotatable bonds is 7. The van der Waals surface area contributed by atoms with E-state index in [0.29, 0.717) is 41.3 Å². The number of nitrogens with two attached hydrogens (primary N) is 1. The predicted molar refractivity (Wildman–Crippen MR) is 121 cm³/mol. The van der Waals surface area contributed by atoms with Gasteiger partial charge >= 0.3 is 0 Å². The van der Waals surface area contributed by atoms with Crippen LogP contribution in [-0.4, -0.2) is 23.1 Å². The van der Waals surface area contributed by atoms with Crippen LogP contribution in [0, 0.1) is 13.8 Å². The number of ether oxygens (including phenoxy) is 1. The third kappa shape index (κ3) is 7.36. The van der Waals surface area contributed by atoms with Crippen LogP contribution in [0.25, 0.3) is 11.1 Å². The van der Waals surface area contributed by atoms with E-state index in [2.05, 4.69) is 15.3 Å². The molecule has 2 aromatic heterocycles. The van der Waals surface area contributed by atoms with Crippen LogP contribution in [0.1, 0.15) is 17.0 Å². The number of pyridine rings is 1. The molecule has 0 aliphatic heterocycles. The van der Waals surface area contributed by atoms with Crippen molar-refractivity contribution in [2.45, 2.75) is 20.4 Å². The molecule has 0 aliphatic rings. The summed E-state index contributed by atoms with van der Waals surface area (Å²) in [4.78, 5) is 8.76. The maximum atomic E-state index is 12.5. The van der Waals surface area contributed by atoms with Gasteiger partial charge in [0.2, 0.25) is 0 Å². The molecule has 6 nitrogen and oxygen atoms in total. The lowest BCUT2D eigenvalue weighted by Crippen LogP contribution is -2.10. The van der Waals surface area contributed by atoms with E-state index in [1.165, 1.54) is 0 Å². The van der Waals surface area contributed by atoms with Gasteiger partial charge in [-0.1, -0.05) is 0 Å². The standard InChI is InChI=1S/C19H21FN4O2.3ClH/c1-12-5-14(6-13(2)23-12)10-22-19-24-17-4-3-16(7-18(17)26-19)25-11-15(8-20)9-21;;;/h3-8H,9-11,21H2,1-2H3,(H,22,24);3*1H. The van der Waals surface area contributed by atoms with Crippen LogP contribution in [0.3, 0.4) is 0 Å². The van der Waals surface area contributed by atoms with E-state index in [1.54, 1.807) is 18.2 Å². The van der Waals surface area contributed by atoms with Gasteiger partial charge < -0.3 is 20.2 Å². The number of hydrogen-bond donors (Lipinski definition) is 2. The average molecular weight is 466 g/mol. The van der Waals surface area contributed by atoms with Gasteiger partial charge in [-0.15, -0.1) is 37.2 Å². The molecule has 3 rings (SSSR count). The molecule has 10 heteroatoms. The Balaban J connectivity index is 0.00000261. The molecule has 160 valence electrons. The Labute approximate surface area is 187 Å². The van der Waals surface area contributed by atoms with E-state index < -0.39 is 0 Å². The van der Waals surface area contributed by atoms with Crippen molar-refractivity contribution in [1.29, 1.82) is 0 Å². The fraction of sp³-hybridized carbons (Fsp3) is 0.263. The van der Waals surface area contributed by atoms with E-state index in [4.69, 9.17) is 14.9 Å². The van der Waals surface area contributed by atoms with Gasteiger partial charge in [-0.05, 0) is 43.7 Å². The minimum Gasteiger partial charge on any atom is -0.489 e. The molecule has 0 aliphatic carbocycles. The SMILES string of the molecule is Cc1cc(CNc2nc3ccc(OCC(=CF)CN)cc3o2)cc(C)n1.Cl.Cl.Cl. The molecule has 0 unspecified atom stereocenters. The highest BCUT2D eigenvalue weighted by atomic mass is 35.5. The van der Waals surface area contributed by atoms with Crippen molar-refractivity contribution in [3.05, 3.63) is 59.2 Å². The van der Waals surface area contributed by atoms with Crippen LogP contribution in [-0.2, 0) is 6.54 Å².